The Labute approximate surface area is 168 Å². The van der Waals surface area contributed by atoms with E-state index in [1.165, 1.54) is 11.0 Å². The number of nitrogens with zero attached hydrogens (tertiary/aromatic N) is 1. The van der Waals surface area contributed by atoms with Crippen molar-refractivity contribution in [2.75, 3.05) is 13.2 Å². The van der Waals surface area contributed by atoms with Gasteiger partial charge in [-0.1, -0.05) is 52.0 Å². The van der Waals surface area contributed by atoms with E-state index in [2.05, 4.69) is 27.4 Å². The standard InChI is InChI=1S/C19H32ClNO5Si/c1-8-10-25-17(24)21-12-13(18(3,4)5)11-19(21,26-27(6)7)14(9-2)15(20)16(22)23/h8,13,27H,1,9-12H2,2-7H3,(H,22,23)/t13-,19-/m0/s1. The second-order valence-electron chi connectivity index (χ2n) is 8.15. The molecular formula is C19H32ClNO5Si. The van der Waals surface area contributed by atoms with Crippen molar-refractivity contribution in [1.82, 2.24) is 4.90 Å². The average Bonchev–Trinajstić information content (AvgIpc) is 2.92. The highest BCUT2D eigenvalue weighted by Gasteiger charge is 2.55. The van der Waals surface area contributed by atoms with Crippen LogP contribution in [0.15, 0.2) is 23.3 Å². The van der Waals surface area contributed by atoms with E-state index in [0.717, 1.165) is 0 Å². The minimum Gasteiger partial charge on any atom is -0.477 e. The fourth-order valence-electron chi connectivity index (χ4n) is 3.48. The number of amides is 1. The molecule has 0 bridgehead atoms. The fourth-order valence-corrected chi connectivity index (χ4v) is 4.90. The second-order valence-corrected chi connectivity index (χ2v) is 10.9. The van der Waals surface area contributed by atoms with Crippen LogP contribution in [0.1, 0.15) is 40.5 Å². The molecule has 0 aliphatic carbocycles. The summed E-state index contributed by atoms with van der Waals surface area (Å²) in [7, 11) is -1.68. The van der Waals surface area contributed by atoms with Crippen LogP contribution in [0.4, 0.5) is 4.79 Å². The van der Waals surface area contributed by atoms with E-state index in [4.69, 9.17) is 20.8 Å². The van der Waals surface area contributed by atoms with E-state index in [1.807, 2.05) is 20.0 Å². The van der Waals surface area contributed by atoms with Crippen LogP contribution in [-0.2, 0) is 14.0 Å². The Bertz CT molecular complexity index is 614. The molecule has 1 heterocycles. The maximum Gasteiger partial charge on any atom is 0.412 e. The molecule has 0 aromatic heterocycles. The van der Waals surface area contributed by atoms with Gasteiger partial charge in [-0.2, -0.15) is 0 Å². The quantitative estimate of drug-likeness (QED) is 0.378. The topological polar surface area (TPSA) is 76.1 Å². The Kier molecular flexibility index (Phi) is 8.13. The first-order valence-electron chi connectivity index (χ1n) is 9.26. The number of carbonyl (C=O) groups excluding carboxylic acids is 1. The number of halogens is 1. The monoisotopic (exact) mass is 417 g/mol. The molecule has 1 amide bonds. The lowest BCUT2D eigenvalue weighted by molar-refractivity contribution is -0.132. The molecule has 0 radical (unpaired) electrons. The largest absolute Gasteiger partial charge is 0.477 e. The summed E-state index contributed by atoms with van der Waals surface area (Å²) in [5, 5.41) is 9.21. The van der Waals surface area contributed by atoms with E-state index in [9.17, 15) is 14.7 Å². The number of hydrogen-bond donors (Lipinski definition) is 1. The van der Waals surface area contributed by atoms with Gasteiger partial charge in [0.25, 0.3) is 0 Å². The van der Waals surface area contributed by atoms with Crippen LogP contribution in [0, 0.1) is 11.3 Å². The Morgan fingerprint density at radius 1 is 1.41 bits per heavy atom. The van der Waals surface area contributed by atoms with Crippen molar-refractivity contribution >= 4 is 32.7 Å². The van der Waals surface area contributed by atoms with Crippen molar-refractivity contribution in [3.05, 3.63) is 23.3 Å². The highest BCUT2D eigenvalue weighted by molar-refractivity contribution is 6.48. The predicted molar refractivity (Wildman–Crippen MR) is 109 cm³/mol. The zero-order chi connectivity index (χ0) is 21.0. The van der Waals surface area contributed by atoms with Gasteiger partial charge in [-0.05, 0) is 30.8 Å². The number of rotatable bonds is 7. The van der Waals surface area contributed by atoms with Gasteiger partial charge < -0.3 is 14.3 Å². The van der Waals surface area contributed by atoms with Crippen LogP contribution in [0.5, 0.6) is 0 Å². The van der Waals surface area contributed by atoms with Crippen LogP contribution in [0.25, 0.3) is 0 Å². The molecule has 154 valence electrons. The van der Waals surface area contributed by atoms with Crippen molar-refractivity contribution < 1.29 is 23.9 Å². The molecule has 8 heteroatoms. The Morgan fingerprint density at radius 3 is 2.41 bits per heavy atom. The van der Waals surface area contributed by atoms with E-state index in [-0.39, 0.29) is 23.0 Å². The molecule has 0 spiro atoms. The van der Waals surface area contributed by atoms with Crippen molar-refractivity contribution in [3.63, 3.8) is 0 Å². The number of carbonyl (C=O) groups is 2. The summed E-state index contributed by atoms with van der Waals surface area (Å²) >= 11 is 6.19. The van der Waals surface area contributed by atoms with Gasteiger partial charge in [-0.3, -0.25) is 4.90 Å². The third-order valence-corrected chi connectivity index (χ3v) is 6.09. The molecule has 1 saturated heterocycles. The van der Waals surface area contributed by atoms with Gasteiger partial charge in [0.15, 0.2) is 14.8 Å². The molecule has 0 saturated carbocycles. The molecule has 0 aromatic carbocycles. The summed E-state index contributed by atoms with van der Waals surface area (Å²) in [6.45, 7) is 16.2. The molecule has 1 fully saturated rings. The van der Waals surface area contributed by atoms with Crippen LogP contribution in [0.2, 0.25) is 13.1 Å². The SMILES string of the molecule is C=CCOC(=O)N1C[C@@H](C(C)(C)C)C[C@]1(O[SiH](C)C)C(CC)=C(Cl)C(=O)O. The summed E-state index contributed by atoms with van der Waals surface area (Å²) in [5.41, 5.74) is -0.879. The van der Waals surface area contributed by atoms with E-state index in [0.29, 0.717) is 25.0 Å². The minimum atomic E-state index is -1.68. The first-order chi connectivity index (χ1) is 12.4. The number of carboxylic acids is 1. The number of ether oxygens (including phenoxy) is 1. The normalized spacial score (nSPS) is 24.0. The summed E-state index contributed by atoms with van der Waals surface area (Å²) in [6, 6.07) is 0. The van der Waals surface area contributed by atoms with Gasteiger partial charge in [0.05, 0.1) is 0 Å². The maximum absolute atomic E-state index is 12.9. The van der Waals surface area contributed by atoms with E-state index in [1.54, 1.807) is 0 Å². The third kappa shape index (κ3) is 5.36. The summed E-state index contributed by atoms with van der Waals surface area (Å²) in [5.74, 6) is -1.12. The molecule has 1 aliphatic rings. The zero-order valence-electron chi connectivity index (χ0n) is 17.2. The zero-order valence-corrected chi connectivity index (χ0v) is 19.1. The summed E-state index contributed by atoms with van der Waals surface area (Å²) < 4.78 is 11.7. The van der Waals surface area contributed by atoms with Crippen molar-refractivity contribution in [2.24, 2.45) is 11.3 Å². The average molecular weight is 418 g/mol. The summed E-state index contributed by atoms with van der Waals surface area (Å²) in [6.07, 6.45) is 1.79. The molecule has 6 nitrogen and oxygen atoms in total. The molecule has 27 heavy (non-hydrogen) atoms. The van der Waals surface area contributed by atoms with Gasteiger partial charge in [0, 0.05) is 18.5 Å². The molecule has 0 unspecified atom stereocenters. The van der Waals surface area contributed by atoms with Crippen LogP contribution in [0.3, 0.4) is 0 Å². The first-order valence-corrected chi connectivity index (χ1v) is 12.4. The fraction of sp³-hybridized carbons (Fsp3) is 0.684. The molecule has 1 aliphatic heterocycles. The van der Waals surface area contributed by atoms with Crippen molar-refractivity contribution in [1.29, 1.82) is 0 Å². The highest BCUT2D eigenvalue weighted by atomic mass is 35.5. The van der Waals surface area contributed by atoms with Gasteiger partial charge in [0.2, 0.25) is 0 Å². The van der Waals surface area contributed by atoms with Crippen molar-refractivity contribution in [2.45, 2.75) is 59.4 Å². The molecule has 1 rings (SSSR count). The highest BCUT2D eigenvalue weighted by Crippen LogP contribution is 2.48. The minimum absolute atomic E-state index is 0.0720. The predicted octanol–water partition coefficient (Wildman–Crippen LogP) is 4.36. The van der Waals surface area contributed by atoms with Crippen LogP contribution in [-0.4, -0.2) is 50.0 Å². The van der Waals surface area contributed by atoms with E-state index < -0.39 is 26.8 Å². The number of carboxylic acid groups (broad SMARTS) is 1. The summed E-state index contributed by atoms with van der Waals surface area (Å²) in [4.78, 5) is 26.0. The second kappa shape index (κ2) is 9.25. The number of aliphatic carboxylic acids is 1. The molecule has 1 N–H and O–H groups in total. The lowest BCUT2D eigenvalue weighted by Gasteiger charge is -2.41. The Morgan fingerprint density at radius 2 is 2.00 bits per heavy atom. The lowest BCUT2D eigenvalue weighted by atomic mass is 9.78. The lowest BCUT2D eigenvalue weighted by Crippen LogP contribution is -2.53. The number of likely N-dealkylation sites (tertiary alicyclic amines) is 1. The molecular weight excluding hydrogens is 386 g/mol. The van der Waals surface area contributed by atoms with Crippen molar-refractivity contribution in [3.8, 4) is 0 Å². The molecule has 0 aromatic rings. The van der Waals surface area contributed by atoms with Crippen LogP contribution >= 0.6 is 11.6 Å². The smallest absolute Gasteiger partial charge is 0.412 e. The van der Waals surface area contributed by atoms with Gasteiger partial charge >= 0.3 is 12.1 Å². The maximum atomic E-state index is 12.9. The number of hydrogen-bond acceptors (Lipinski definition) is 4. The van der Waals surface area contributed by atoms with E-state index >= 15 is 0 Å². The van der Waals surface area contributed by atoms with Gasteiger partial charge in [-0.25, -0.2) is 9.59 Å². The van der Waals surface area contributed by atoms with Gasteiger partial charge in [0.1, 0.15) is 11.6 Å². The Hall–Kier alpha value is -1.31. The third-order valence-electron chi connectivity index (χ3n) is 4.84. The first kappa shape index (κ1) is 23.7. The molecule has 2 atom stereocenters. The van der Waals surface area contributed by atoms with Gasteiger partial charge in [-0.15, -0.1) is 0 Å². The van der Waals surface area contributed by atoms with Crippen LogP contribution < -0.4 is 0 Å². The Balaban J connectivity index is 3.61.